The maximum absolute atomic E-state index is 13.2. The summed E-state index contributed by atoms with van der Waals surface area (Å²) < 4.78 is 36.2. The van der Waals surface area contributed by atoms with Crippen molar-refractivity contribution in [3.05, 3.63) is 47.2 Å². The average Bonchev–Trinajstić information content (AvgIpc) is 2.58. The van der Waals surface area contributed by atoms with Gasteiger partial charge in [-0.05, 0) is 24.0 Å². The van der Waals surface area contributed by atoms with Crippen LogP contribution in [0.25, 0.3) is 0 Å². The Kier molecular flexibility index (Phi) is 5.89. The molecule has 1 saturated carbocycles. The third-order valence-electron chi connectivity index (χ3n) is 3.77. The Morgan fingerprint density at radius 2 is 1.79 bits per heavy atom. The van der Waals surface area contributed by atoms with Crippen LogP contribution in [-0.2, 0) is 20.9 Å². The number of alkyl carbamates (subject to hydrolysis) is 1. The Morgan fingerprint density at radius 3 is 2.38 bits per heavy atom. The lowest BCUT2D eigenvalue weighted by atomic mass is 9.90. The van der Waals surface area contributed by atoms with E-state index in [2.05, 4.69) is 10.1 Å². The molecular weight excluding hydrogens is 320 g/mol. The van der Waals surface area contributed by atoms with Gasteiger partial charge in [0, 0.05) is 12.8 Å². The van der Waals surface area contributed by atoms with Gasteiger partial charge >= 0.3 is 12.1 Å². The van der Waals surface area contributed by atoms with Crippen molar-refractivity contribution in [1.82, 2.24) is 5.32 Å². The summed E-state index contributed by atoms with van der Waals surface area (Å²) in [4.78, 5) is 23.7. The lowest BCUT2D eigenvalue weighted by Gasteiger charge is -2.25. The molecule has 24 heavy (non-hydrogen) atoms. The molecule has 0 spiro atoms. The van der Waals surface area contributed by atoms with Crippen molar-refractivity contribution in [1.29, 1.82) is 0 Å². The van der Waals surface area contributed by atoms with Gasteiger partial charge in [-0.2, -0.15) is 0 Å². The molecular formula is C17H19F2NO4. The van der Waals surface area contributed by atoms with Gasteiger partial charge in [0.05, 0.1) is 7.11 Å². The molecule has 0 heterocycles. The van der Waals surface area contributed by atoms with Crippen LogP contribution in [0, 0.1) is 0 Å². The molecule has 2 rings (SSSR count). The third-order valence-corrected chi connectivity index (χ3v) is 3.77. The first-order valence-corrected chi connectivity index (χ1v) is 7.57. The normalized spacial score (nSPS) is 16.2. The highest BCUT2D eigenvalue weighted by Crippen LogP contribution is 2.36. The number of hydrogen-bond donors (Lipinski definition) is 1. The fourth-order valence-electron chi connectivity index (χ4n) is 2.41. The molecule has 1 fully saturated rings. The molecule has 7 heteroatoms. The van der Waals surface area contributed by atoms with Gasteiger partial charge in [-0.15, -0.1) is 0 Å². The quantitative estimate of drug-likeness (QED) is 0.673. The lowest BCUT2D eigenvalue weighted by Crippen LogP contribution is -2.32. The van der Waals surface area contributed by atoms with E-state index in [1.165, 1.54) is 0 Å². The molecule has 0 aliphatic heterocycles. The number of allylic oxidation sites excluding steroid dienone is 1. The summed E-state index contributed by atoms with van der Waals surface area (Å²) in [6.07, 6.45) is -1.50. The summed E-state index contributed by atoms with van der Waals surface area (Å²) in [6, 6.07) is 9.02. The van der Waals surface area contributed by atoms with E-state index in [-0.39, 0.29) is 38.0 Å². The van der Waals surface area contributed by atoms with E-state index in [9.17, 15) is 18.4 Å². The van der Waals surface area contributed by atoms with Crippen molar-refractivity contribution in [2.24, 2.45) is 0 Å². The first-order chi connectivity index (χ1) is 11.4. The summed E-state index contributed by atoms with van der Waals surface area (Å²) in [5.41, 5.74) is 1.13. The van der Waals surface area contributed by atoms with E-state index in [1.54, 1.807) is 24.3 Å². The number of halogens is 2. The molecule has 1 N–H and O–H groups in total. The van der Waals surface area contributed by atoms with Crippen molar-refractivity contribution < 1.29 is 27.8 Å². The minimum absolute atomic E-state index is 0.0242. The Morgan fingerprint density at radius 1 is 1.17 bits per heavy atom. The van der Waals surface area contributed by atoms with Crippen LogP contribution in [0.2, 0.25) is 0 Å². The zero-order chi connectivity index (χ0) is 17.6. The Labute approximate surface area is 138 Å². The molecule has 1 amide bonds. The molecule has 0 radical (unpaired) electrons. The molecule has 0 bridgehead atoms. The third kappa shape index (κ3) is 5.04. The van der Waals surface area contributed by atoms with Crippen LogP contribution in [0.15, 0.2) is 41.6 Å². The minimum Gasteiger partial charge on any atom is -0.464 e. The van der Waals surface area contributed by atoms with Gasteiger partial charge in [0.25, 0.3) is 0 Å². The van der Waals surface area contributed by atoms with Gasteiger partial charge in [-0.1, -0.05) is 30.3 Å². The van der Waals surface area contributed by atoms with Crippen molar-refractivity contribution in [3.8, 4) is 0 Å². The largest absolute Gasteiger partial charge is 0.464 e. The zero-order valence-electron chi connectivity index (χ0n) is 13.3. The second-order valence-corrected chi connectivity index (χ2v) is 5.51. The second kappa shape index (κ2) is 7.90. The molecule has 0 aromatic heterocycles. The van der Waals surface area contributed by atoms with Crippen LogP contribution in [0.3, 0.4) is 0 Å². The van der Waals surface area contributed by atoms with E-state index in [1.807, 2.05) is 6.07 Å². The molecule has 0 atom stereocenters. The Hall–Kier alpha value is -2.44. The average molecular weight is 339 g/mol. The number of esters is 1. The first-order valence-electron chi connectivity index (χ1n) is 7.57. The summed E-state index contributed by atoms with van der Waals surface area (Å²) in [6.45, 7) is 0.0362. The van der Waals surface area contributed by atoms with Crippen molar-refractivity contribution in [3.63, 3.8) is 0 Å². The van der Waals surface area contributed by atoms with Crippen molar-refractivity contribution in [2.45, 2.75) is 38.2 Å². The number of carbonyl (C=O) groups is 2. The number of alkyl halides is 2. The van der Waals surface area contributed by atoms with Gasteiger partial charge in [0.15, 0.2) is 0 Å². The van der Waals surface area contributed by atoms with E-state index in [4.69, 9.17) is 4.74 Å². The summed E-state index contributed by atoms with van der Waals surface area (Å²) in [5, 5.41) is 2.33. The van der Waals surface area contributed by atoms with Crippen LogP contribution < -0.4 is 5.32 Å². The number of methoxy groups -OCH3 is 1. The molecule has 1 aromatic rings. The molecule has 0 saturated heterocycles. The predicted octanol–water partition coefficient (Wildman–Crippen LogP) is 3.55. The minimum atomic E-state index is -2.74. The standard InChI is InChI=1S/C17H19F2NO4/c1-23-15(21)14(13-7-9-17(18,19)10-8-13)20-16(22)24-11-12-5-3-2-4-6-12/h2-6H,7-11H2,1H3,(H,20,22). The fourth-order valence-corrected chi connectivity index (χ4v) is 2.41. The van der Waals surface area contributed by atoms with Crippen LogP contribution in [0.1, 0.15) is 31.2 Å². The molecule has 130 valence electrons. The number of ether oxygens (including phenoxy) is 2. The number of benzene rings is 1. The molecule has 0 unspecified atom stereocenters. The fraction of sp³-hybridized carbons (Fsp3) is 0.412. The van der Waals surface area contributed by atoms with E-state index in [0.29, 0.717) is 5.57 Å². The molecule has 1 aliphatic rings. The lowest BCUT2D eigenvalue weighted by molar-refractivity contribution is -0.136. The maximum atomic E-state index is 13.2. The second-order valence-electron chi connectivity index (χ2n) is 5.51. The smallest absolute Gasteiger partial charge is 0.412 e. The van der Waals surface area contributed by atoms with Crippen molar-refractivity contribution in [2.75, 3.05) is 7.11 Å². The number of hydrogen-bond acceptors (Lipinski definition) is 4. The van der Waals surface area contributed by atoms with Gasteiger partial charge in [-0.25, -0.2) is 18.4 Å². The summed E-state index contributed by atoms with van der Waals surface area (Å²) in [5.74, 6) is -3.51. The number of rotatable bonds is 4. The zero-order valence-corrected chi connectivity index (χ0v) is 13.3. The van der Waals surface area contributed by atoms with Crippen LogP contribution in [-0.4, -0.2) is 25.1 Å². The monoisotopic (exact) mass is 339 g/mol. The van der Waals surface area contributed by atoms with Crippen LogP contribution in [0.5, 0.6) is 0 Å². The summed E-state index contributed by atoms with van der Waals surface area (Å²) >= 11 is 0. The molecule has 5 nitrogen and oxygen atoms in total. The topological polar surface area (TPSA) is 64.6 Å². The number of amides is 1. The number of nitrogens with one attached hydrogen (secondary N) is 1. The Balaban J connectivity index is 2.01. The van der Waals surface area contributed by atoms with E-state index in [0.717, 1.165) is 12.7 Å². The molecule has 1 aromatic carbocycles. The van der Waals surface area contributed by atoms with Crippen molar-refractivity contribution >= 4 is 12.1 Å². The highest BCUT2D eigenvalue weighted by molar-refractivity contribution is 5.93. The predicted molar refractivity (Wildman–Crippen MR) is 82.2 cm³/mol. The van der Waals surface area contributed by atoms with Crippen LogP contribution in [0.4, 0.5) is 13.6 Å². The molecule has 1 aliphatic carbocycles. The Bertz CT molecular complexity index is 617. The van der Waals surface area contributed by atoms with Crippen LogP contribution >= 0.6 is 0 Å². The van der Waals surface area contributed by atoms with Gasteiger partial charge in [0.1, 0.15) is 12.3 Å². The van der Waals surface area contributed by atoms with Gasteiger partial charge in [-0.3, -0.25) is 5.32 Å². The maximum Gasteiger partial charge on any atom is 0.412 e. The highest BCUT2D eigenvalue weighted by Gasteiger charge is 2.35. The van der Waals surface area contributed by atoms with Gasteiger partial charge < -0.3 is 9.47 Å². The number of carbonyl (C=O) groups excluding carboxylic acids is 2. The van der Waals surface area contributed by atoms with E-state index >= 15 is 0 Å². The summed E-state index contributed by atoms with van der Waals surface area (Å²) in [7, 11) is 1.16. The first kappa shape index (κ1) is 17.9. The van der Waals surface area contributed by atoms with Gasteiger partial charge in [0.2, 0.25) is 5.92 Å². The van der Waals surface area contributed by atoms with E-state index < -0.39 is 18.0 Å². The highest BCUT2D eigenvalue weighted by atomic mass is 19.3. The SMILES string of the molecule is COC(=O)C(NC(=O)OCc1ccccc1)=C1CCC(F)(F)CC1.